The maximum atomic E-state index is 5.76. The summed E-state index contributed by atoms with van der Waals surface area (Å²) in [7, 11) is 1.74. The van der Waals surface area contributed by atoms with Crippen molar-refractivity contribution >= 4 is 5.96 Å². The minimum Gasteiger partial charge on any atom is -0.443 e. The predicted octanol–water partition coefficient (Wildman–Crippen LogP) is 2.84. The fourth-order valence-corrected chi connectivity index (χ4v) is 1.97. The minimum atomic E-state index is -0.0279. The highest BCUT2D eigenvalue weighted by Gasteiger charge is 2.18. The maximum absolute atomic E-state index is 5.76. The Hall–Kier alpha value is -1.56. The van der Waals surface area contributed by atoms with E-state index >= 15 is 0 Å². The maximum Gasteiger partial charge on any atom is 0.216 e. The molecular formula is C17H32N4O2. The largest absolute Gasteiger partial charge is 0.443 e. The van der Waals surface area contributed by atoms with E-state index in [2.05, 4.69) is 48.3 Å². The molecule has 1 heterocycles. The van der Waals surface area contributed by atoms with Crippen LogP contribution in [0.25, 0.3) is 0 Å². The Labute approximate surface area is 140 Å². The molecule has 0 atom stereocenters. The molecule has 0 unspecified atom stereocenters. The lowest BCUT2D eigenvalue weighted by Gasteiger charge is -2.13. The highest BCUT2D eigenvalue weighted by molar-refractivity contribution is 5.79. The first kappa shape index (κ1) is 19.5. The molecule has 0 amide bonds. The third kappa shape index (κ3) is 8.02. The number of hydrogen-bond donors (Lipinski definition) is 2. The number of unbranched alkanes of at least 4 members (excludes halogenated alkanes) is 2. The van der Waals surface area contributed by atoms with Crippen LogP contribution in [0, 0.1) is 0 Å². The molecular weight excluding hydrogens is 292 g/mol. The lowest BCUT2D eigenvalue weighted by atomic mass is 9.94. The number of rotatable bonds is 9. The molecule has 0 spiro atoms. The molecule has 0 fully saturated rings. The van der Waals surface area contributed by atoms with Crippen LogP contribution in [0.2, 0.25) is 0 Å². The molecule has 0 bridgehead atoms. The van der Waals surface area contributed by atoms with Crippen molar-refractivity contribution in [2.75, 3.05) is 26.8 Å². The quantitative estimate of drug-likeness (QED) is 0.415. The molecule has 2 N–H and O–H groups in total. The first-order valence-corrected chi connectivity index (χ1v) is 8.43. The van der Waals surface area contributed by atoms with Gasteiger partial charge < -0.3 is 19.8 Å². The Morgan fingerprint density at radius 3 is 2.65 bits per heavy atom. The summed E-state index contributed by atoms with van der Waals surface area (Å²) in [6.45, 7) is 11.4. The van der Waals surface area contributed by atoms with Crippen LogP contribution >= 0.6 is 0 Å². The van der Waals surface area contributed by atoms with E-state index in [4.69, 9.17) is 9.15 Å². The van der Waals surface area contributed by atoms with E-state index in [1.807, 2.05) is 0 Å². The Bertz CT molecular complexity index is 463. The Morgan fingerprint density at radius 2 is 2.04 bits per heavy atom. The second kappa shape index (κ2) is 10.3. The van der Waals surface area contributed by atoms with E-state index < -0.39 is 0 Å². The average molecular weight is 324 g/mol. The molecule has 0 radical (unpaired) electrons. The number of aromatic nitrogens is 1. The highest BCUT2D eigenvalue weighted by Crippen LogP contribution is 2.22. The van der Waals surface area contributed by atoms with Gasteiger partial charge in [-0.3, -0.25) is 0 Å². The summed E-state index contributed by atoms with van der Waals surface area (Å²) >= 11 is 0. The molecule has 132 valence electrons. The van der Waals surface area contributed by atoms with Crippen LogP contribution in [0.3, 0.4) is 0 Å². The van der Waals surface area contributed by atoms with Crippen LogP contribution in [0.5, 0.6) is 0 Å². The number of hydrogen-bond acceptors (Lipinski definition) is 4. The number of guanidine groups is 1. The number of methoxy groups -OCH3 is 1. The first-order chi connectivity index (χ1) is 11.0. The fourth-order valence-electron chi connectivity index (χ4n) is 1.97. The number of oxazole rings is 1. The highest BCUT2D eigenvalue weighted by atomic mass is 16.5. The van der Waals surface area contributed by atoms with Crippen LogP contribution in [-0.2, 0) is 16.7 Å². The standard InChI is InChI=1S/C17H32N4O2/c1-6-18-16(19-10-8-7-9-11-22-5)21-13-15-20-12-14(23-15)17(2,3)4/h12H,6-11,13H2,1-5H3,(H2,18,19,21). The predicted molar refractivity (Wildman–Crippen MR) is 93.7 cm³/mol. The Kier molecular flexibility index (Phi) is 8.69. The van der Waals surface area contributed by atoms with Crippen LogP contribution in [0.4, 0.5) is 0 Å². The third-order valence-corrected chi connectivity index (χ3v) is 3.33. The van der Waals surface area contributed by atoms with Crippen molar-refractivity contribution in [3.05, 3.63) is 17.8 Å². The van der Waals surface area contributed by atoms with E-state index in [0.717, 1.165) is 50.7 Å². The first-order valence-electron chi connectivity index (χ1n) is 8.43. The van der Waals surface area contributed by atoms with Gasteiger partial charge in [-0.05, 0) is 26.2 Å². The summed E-state index contributed by atoms with van der Waals surface area (Å²) in [4.78, 5) is 8.83. The molecule has 0 saturated heterocycles. The summed E-state index contributed by atoms with van der Waals surface area (Å²) in [6, 6.07) is 0. The van der Waals surface area contributed by atoms with Crippen molar-refractivity contribution < 1.29 is 9.15 Å². The van der Waals surface area contributed by atoms with Gasteiger partial charge in [0, 0.05) is 32.2 Å². The molecule has 0 saturated carbocycles. The summed E-state index contributed by atoms with van der Waals surface area (Å²) in [5.74, 6) is 2.33. The van der Waals surface area contributed by atoms with E-state index in [-0.39, 0.29) is 5.41 Å². The van der Waals surface area contributed by atoms with E-state index in [1.54, 1.807) is 13.3 Å². The van der Waals surface area contributed by atoms with Crippen LogP contribution in [0.1, 0.15) is 58.6 Å². The van der Waals surface area contributed by atoms with Crippen molar-refractivity contribution in [1.29, 1.82) is 0 Å². The van der Waals surface area contributed by atoms with Gasteiger partial charge in [-0.15, -0.1) is 0 Å². The molecule has 0 aromatic carbocycles. The minimum absolute atomic E-state index is 0.0279. The molecule has 1 rings (SSSR count). The topological polar surface area (TPSA) is 71.7 Å². The second-order valence-corrected chi connectivity index (χ2v) is 6.54. The average Bonchev–Trinajstić information content (AvgIpc) is 2.97. The van der Waals surface area contributed by atoms with Gasteiger partial charge in [0.2, 0.25) is 5.89 Å². The van der Waals surface area contributed by atoms with Gasteiger partial charge in [0.05, 0.1) is 6.20 Å². The smallest absolute Gasteiger partial charge is 0.216 e. The SMILES string of the molecule is CCNC(=NCc1ncc(C(C)(C)C)o1)NCCCCCOC. The van der Waals surface area contributed by atoms with E-state index in [1.165, 1.54) is 0 Å². The van der Waals surface area contributed by atoms with Crippen molar-refractivity contribution in [1.82, 2.24) is 15.6 Å². The summed E-state index contributed by atoms with van der Waals surface area (Å²) < 4.78 is 10.8. The van der Waals surface area contributed by atoms with Gasteiger partial charge in [0.1, 0.15) is 12.3 Å². The number of nitrogens with zero attached hydrogens (tertiary/aromatic N) is 2. The summed E-state index contributed by atoms with van der Waals surface area (Å²) in [6.07, 6.45) is 5.13. The number of ether oxygens (including phenoxy) is 1. The molecule has 0 aliphatic heterocycles. The zero-order valence-corrected chi connectivity index (χ0v) is 15.2. The summed E-state index contributed by atoms with van der Waals surface area (Å²) in [5, 5.41) is 6.57. The molecule has 6 nitrogen and oxygen atoms in total. The number of aliphatic imine (C=N–C) groups is 1. The van der Waals surface area contributed by atoms with Crippen LogP contribution < -0.4 is 10.6 Å². The zero-order valence-electron chi connectivity index (χ0n) is 15.2. The molecule has 23 heavy (non-hydrogen) atoms. The summed E-state index contributed by atoms with van der Waals surface area (Å²) in [5.41, 5.74) is -0.0279. The van der Waals surface area contributed by atoms with Gasteiger partial charge >= 0.3 is 0 Å². The van der Waals surface area contributed by atoms with Crippen molar-refractivity contribution in [2.45, 2.75) is 58.9 Å². The van der Waals surface area contributed by atoms with Gasteiger partial charge in [-0.2, -0.15) is 0 Å². The third-order valence-electron chi connectivity index (χ3n) is 3.33. The van der Waals surface area contributed by atoms with Crippen LogP contribution in [-0.4, -0.2) is 37.7 Å². The molecule has 0 aliphatic carbocycles. The lowest BCUT2D eigenvalue weighted by Crippen LogP contribution is -2.37. The lowest BCUT2D eigenvalue weighted by molar-refractivity contribution is 0.192. The van der Waals surface area contributed by atoms with E-state index in [9.17, 15) is 0 Å². The van der Waals surface area contributed by atoms with Crippen molar-refractivity contribution in [3.63, 3.8) is 0 Å². The Balaban J connectivity index is 2.43. The van der Waals surface area contributed by atoms with Gasteiger partial charge in [-0.1, -0.05) is 20.8 Å². The monoisotopic (exact) mass is 324 g/mol. The van der Waals surface area contributed by atoms with Crippen molar-refractivity contribution in [2.24, 2.45) is 4.99 Å². The second-order valence-electron chi connectivity index (χ2n) is 6.54. The molecule has 1 aromatic rings. The molecule has 1 aromatic heterocycles. The van der Waals surface area contributed by atoms with Crippen LogP contribution in [0.15, 0.2) is 15.6 Å². The number of nitrogens with one attached hydrogen (secondary N) is 2. The fraction of sp³-hybridized carbons (Fsp3) is 0.765. The van der Waals surface area contributed by atoms with E-state index in [0.29, 0.717) is 12.4 Å². The van der Waals surface area contributed by atoms with Gasteiger partial charge in [0.15, 0.2) is 5.96 Å². The van der Waals surface area contributed by atoms with Crippen molar-refractivity contribution in [3.8, 4) is 0 Å². The molecule has 0 aliphatic rings. The normalized spacial score (nSPS) is 12.5. The van der Waals surface area contributed by atoms with Gasteiger partial charge in [0.25, 0.3) is 0 Å². The zero-order chi connectivity index (χ0) is 17.1. The molecule has 6 heteroatoms. The Morgan fingerprint density at radius 1 is 1.26 bits per heavy atom. The van der Waals surface area contributed by atoms with Gasteiger partial charge in [-0.25, -0.2) is 9.98 Å².